The van der Waals surface area contributed by atoms with Crippen molar-refractivity contribution >= 4 is 23.2 Å². The van der Waals surface area contributed by atoms with Crippen LogP contribution in [-0.2, 0) is 22.2 Å². The Hall–Kier alpha value is -3.03. The summed E-state index contributed by atoms with van der Waals surface area (Å²) < 4.78 is 37.6. The number of alkyl halides is 3. The fourth-order valence-corrected chi connectivity index (χ4v) is 2.43. The number of carbonyl (C=O) groups excluding carboxylic acids is 2. The zero-order chi connectivity index (χ0) is 20.7. The zero-order valence-corrected chi connectivity index (χ0v) is 15.6. The van der Waals surface area contributed by atoms with Gasteiger partial charge >= 0.3 is 6.18 Å². The number of nitrogens with one attached hydrogen (secondary N) is 3. The predicted octanol–water partition coefficient (Wildman–Crippen LogP) is 3.82. The van der Waals surface area contributed by atoms with Crippen molar-refractivity contribution in [1.82, 2.24) is 5.32 Å². The van der Waals surface area contributed by atoms with E-state index in [-0.39, 0.29) is 36.5 Å². The highest BCUT2D eigenvalue weighted by molar-refractivity contribution is 5.93. The van der Waals surface area contributed by atoms with Gasteiger partial charge in [0.2, 0.25) is 11.8 Å². The molecule has 2 amide bonds. The topological polar surface area (TPSA) is 70.2 Å². The second-order valence-electron chi connectivity index (χ2n) is 6.57. The summed E-state index contributed by atoms with van der Waals surface area (Å²) in [6.45, 7) is 3.73. The van der Waals surface area contributed by atoms with Crippen molar-refractivity contribution in [2.45, 2.75) is 32.5 Å². The van der Waals surface area contributed by atoms with Gasteiger partial charge in [0.25, 0.3) is 0 Å². The van der Waals surface area contributed by atoms with Gasteiger partial charge in [-0.1, -0.05) is 12.1 Å². The molecule has 0 radical (unpaired) electrons. The van der Waals surface area contributed by atoms with Gasteiger partial charge in [-0.15, -0.1) is 0 Å². The van der Waals surface area contributed by atoms with Crippen molar-refractivity contribution in [3.8, 4) is 0 Å². The first-order valence-corrected chi connectivity index (χ1v) is 8.73. The molecule has 0 saturated carbocycles. The van der Waals surface area contributed by atoms with Gasteiger partial charge in [0, 0.05) is 17.4 Å². The van der Waals surface area contributed by atoms with E-state index in [0.29, 0.717) is 5.69 Å². The van der Waals surface area contributed by atoms with Gasteiger partial charge in [-0.2, -0.15) is 13.2 Å². The Balaban J connectivity index is 1.81. The minimum atomic E-state index is -4.41. The van der Waals surface area contributed by atoms with E-state index in [4.69, 9.17) is 0 Å². The number of halogens is 3. The third-order valence-electron chi connectivity index (χ3n) is 3.72. The van der Waals surface area contributed by atoms with Gasteiger partial charge in [-0.3, -0.25) is 9.59 Å². The standard InChI is InChI=1S/C20H22F3N3O2/c1-13(2)25-18(27)11-14-3-7-16(8-4-14)24-12-19(28)26-17-9-5-15(6-10-17)20(21,22)23/h3-10,13,24H,11-12H2,1-2H3,(H,25,27)(H,26,28). The number of hydrogen-bond donors (Lipinski definition) is 3. The summed E-state index contributed by atoms with van der Waals surface area (Å²) in [5.41, 5.74) is 1.05. The molecule has 8 heteroatoms. The molecule has 0 aliphatic heterocycles. The summed E-state index contributed by atoms with van der Waals surface area (Å²) in [6, 6.07) is 11.4. The van der Waals surface area contributed by atoms with Gasteiger partial charge in [-0.25, -0.2) is 0 Å². The van der Waals surface area contributed by atoms with E-state index in [9.17, 15) is 22.8 Å². The van der Waals surface area contributed by atoms with Crippen molar-refractivity contribution in [2.24, 2.45) is 0 Å². The average Bonchev–Trinajstić information content (AvgIpc) is 2.60. The van der Waals surface area contributed by atoms with Crippen LogP contribution in [0, 0.1) is 0 Å². The molecule has 5 nitrogen and oxygen atoms in total. The molecular formula is C20H22F3N3O2. The minimum absolute atomic E-state index is 0.0474. The molecule has 0 spiro atoms. The van der Waals surface area contributed by atoms with E-state index in [1.807, 2.05) is 13.8 Å². The Morgan fingerprint density at radius 1 is 0.893 bits per heavy atom. The second-order valence-corrected chi connectivity index (χ2v) is 6.57. The van der Waals surface area contributed by atoms with E-state index < -0.39 is 11.7 Å². The lowest BCUT2D eigenvalue weighted by Gasteiger charge is -2.11. The molecule has 0 atom stereocenters. The van der Waals surface area contributed by atoms with E-state index in [1.165, 1.54) is 12.1 Å². The first-order valence-electron chi connectivity index (χ1n) is 8.73. The largest absolute Gasteiger partial charge is 0.416 e. The molecule has 0 unspecified atom stereocenters. The first-order chi connectivity index (χ1) is 13.1. The molecule has 150 valence electrons. The zero-order valence-electron chi connectivity index (χ0n) is 15.6. The molecule has 0 saturated heterocycles. The molecule has 0 fully saturated rings. The van der Waals surface area contributed by atoms with Crippen molar-refractivity contribution in [3.63, 3.8) is 0 Å². The van der Waals surface area contributed by atoms with Crippen LogP contribution in [-0.4, -0.2) is 24.4 Å². The molecule has 2 rings (SSSR count). The van der Waals surface area contributed by atoms with Gasteiger partial charge in [0.15, 0.2) is 0 Å². The molecule has 0 aromatic heterocycles. The van der Waals surface area contributed by atoms with Gasteiger partial charge in [-0.05, 0) is 55.8 Å². The van der Waals surface area contributed by atoms with Gasteiger partial charge in [0.1, 0.15) is 0 Å². The lowest BCUT2D eigenvalue weighted by molar-refractivity contribution is -0.137. The summed E-state index contributed by atoms with van der Waals surface area (Å²) in [5.74, 6) is -0.452. The quantitative estimate of drug-likeness (QED) is 0.670. The summed E-state index contributed by atoms with van der Waals surface area (Å²) in [7, 11) is 0. The SMILES string of the molecule is CC(C)NC(=O)Cc1ccc(NCC(=O)Nc2ccc(C(F)(F)F)cc2)cc1. The third-order valence-corrected chi connectivity index (χ3v) is 3.72. The van der Waals surface area contributed by atoms with Crippen LogP contribution in [0.1, 0.15) is 25.0 Å². The maximum Gasteiger partial charge on any atom is 0.416 e. The number of hydrogen-bond acceptors (Lipinski definition) is 3. The summed E-state index contributed by atoms with van der Waals surface area (Å²) >= 11 is 0. The van der Waals surface area contributed by atoms with Crippen LogP contribution in [0.25, 0.3) is 0 Å². The molecule has 3 N–H and O–H groups in total. The van der Waals surface area contributed by atoms with Crippen molar-refractivity contribution in [3.05, 3.63) is 59.7 Å². The predicted molar refractivity (Wildman–Crippen MR) is 102 cm³/mol. The molecule has 0 bridgehead atoms. The van der Waals surface area contributed by atoms with E-state index in [1.54, 1.807) is 24.3 Å². The maximum absolute atomic E-state index is 12.5. The molecule has 0 aliphatic carbocycles. The monoisotopic (exact) mass is 393 g/mol. The first kappa shape index (κ1) is 21.3. The summed E-state index contributed by atoms with van der Waals surface area (Å²) in [5, 5.41) is 8.26. The molecule has 28 heavy (non-hydrogen) atoms. The fraction of sp³-hybridized carbons (Fsp3) is 0.300. The number of amides is 2. The third kappa shape index (κ3) is 6.94. The summed E-state index contributed by atoms with van der Waals surface area (Å²) in [6.07, 6.45) is -4.14. The van der Waals surface area contributed by atoms with E-state index in [0.717, 1.165) is 17.7 Å². The summed E-state index contributed by atoms with van der Waals surface area (Å²) in [4.78, 5) is 23.7. The van der Waals surface area contributed by atoms with E-state index >= 15 is 0 Å². The van der Waals surface area contributed by atoms with Crippen LogP contribution in [0.4, 0.5) is 24.5 Å². The fourth-order valence-electron chi connectivity index (χ4n) is 2.43. The van der Waals surface area contributed by atoms with Crippen LogP contribution in [0.5, 0.6) is 0 Å². The Labute approximate surface area is 161 Å². The Morgan fingerprint density at radius 2 is 1.46 bits per heavy atom. The Bertz CT molecular complexity index is 801. The Kier molecular flexibility index (Phi) is 7.03. The minimum Gasteiger partial charge on any atom is -0.376 e. The number of benzene rings is 2. The van der Waals surface area contributed by atoms with Crippen LogP contribution >= 0.6 is 0 Å². The lowest BCUT2D eigenvalue weighted by Crippen LogP contribution is -2.31. The van der Waals surface area contributed by atoms with E-state index in [2.05, 4.69) is 16.0 Å². The second kappa shape index (κ2) is 9.25. The smallest absolute Gasteiger partial charge is 0.376 e. The number of carbonyl (C=O) groups is 2. The normalized spacial score (nSPS) is 11.2. The molecular weight excluding hydrogens is 371 g/mol. The number of anilines is 2. The maximum atomic E-state index is 12.5. The van der Waals surface area contributed by atoms with Crippen LogP contribution in [0.15, 0.2) is 48.5 Å². The highest BCUT2D eigenvalue weighted by Crippen LogP contribution is 2.29. The molecule has 0 heterocycles. The highest BCUT2D eigenvalue weighted by atomic mass is 19.4. The van der Waals surface area contributed by atoms with Crippen molar-refractivity contribution < 1.29 is 22.8 Å². The molecule has 0 aliphatic rings. The van der Waals surface area contributed by atoms with Gasteiger partial charge < -0.3 is 16.0 Å². The van der Waals surface area contributed by atoms with Crippen molar-refractivity contribution in [1.29, 1.82) is 0 Å². The van der Waals surface area contributed by atoms with Crippen molar-refractivity contribution in [2.75, 3.05) is 17.2 Å². The van der Waals surface area contributed by atoms with Gasteiger partial charge in [0.05, 0.1) is 18.5 Å². The highest BCUT2D eigenvalue weighted by Gasteiger charge is 2.29. The van der Waals surface area contributed by atoms with Crippen LogP contribution < -0.4 is 16.0 Å². The average molecular weight is 393 g/mol. The van der Waals surface area contributed by atoms with Crippen LogP contribution in [0.3, 0.4) is 0 Å². The van der Waals surface area contributed by atoms with Crippen LogP contribution in [0.2, 0.25) is 0 Å². The molecule has 2 aromatic rings. The lowest BCUT2D eigenvalue weighted by atomic mass is 10.1. The molecule has 2 aromatic carbocycles. The Morgan fingerprint density at radius 3 is 2.00 bits per heavy atom. The number of rotatable bonds is 7.